The third-order valence-corrected chi connectivity index (χ3v) is 6.56. The second-order valence-electron chi connectivity index (χ2n) is 8.58. The first-order valence-electron chi connectivity index (χ1n) is 11.9. The van der Waals surface area contributed by atoms with E-state index in [9.17, 15) is 4.39 Å². The molecule has 8 nitrogen and oxygen atoms in total. The third-order valence-electron chi connectivity index (χ3n) is 6.07. The summed E-state index contributed by atoms with van der Waals surface area (Å²) < 4.78 is 20.8. The molecular weight excluding hydrogens is 513 g/mol. The van der Waals surface area contributed by atoms with Gasteiger partial charge in [-0.2, -0.15) is 20.1 Å². The van der Waals surface area contributed by atoms with E-state index >= 15 is 0 Å². The minimum absolute atomic E-state index is 0.119. The summed E-state index contributed by atoms with van der Waals surface area (Å²) >= 11 is 3.49. The van der Waals surface area contributed by atoms with Crippen molar-refractivity contribution in [1.82, 2.24) is 15.0 Å². The molecule has 1 N–H and O–H groups in total. The van der Waals surface area contributed by atoms with Crippen LogP contribution >= 0.6 is 15.9 Å². The highest BCUT2D eigenvalue weighted by molar-refractivity contribution is 9.10. The van der Waals surface area contributed by atoms with Gasteiger partial charge in [-0.25, -0.2) is 9.82 Å². The van der Waals surface area contributed by atoms with Gasteiger partial charge >= 0.3 is 0 Å². The number of benzene rings is 2. The van der Waals surface area contributed by atoms with Crippen molar-refractivity contribution >= 4 is 40.0 Å². The highest BCUT2D eigenvalue weighted by Gasteiger charge is 2.21. The van der Waals surface area contributed by atoms with E-state index < -0.39 is 0 Å². The molecule has 0 amide bonds. The molecule has 0 atom stereocenters. The van der Waals surface area contributed by atoms with Gasteiger partial charge in [0.05, 0.1) is 6.21 Å². The molecule has 10 heteroatoms. The summed E-state index contributed by atoms with van der Waals surface area (Å²) in [5, 5.41) is 4.38. The molecule has 0 aliphatic carbocycles. The van der Waals surface area contributed by atoms with Gasteiger partial charge in [-0.05, 0) is 49.9 Å². The monoisotopic (exact) mass is 539 g/mol. The lowest BCUT2D eigenvalue weighted by Crippen LogP contribution is -2.25. The van der Waals surface area contributed by atoms with Crippen LogP contribution in [0.4, 0.5) is 22.2 Å². The van der Waals surface area contributed by atoms with Gasteiger partial charge in [-0.15, -0.1) is 0 Å². The fourth-order valence-corrected chi connectivity index (χ4v) is 4.58. The third kappa shape index (κ3) is 5.87. The second-order valence-corrected chi connectivity index (χ2v) is 9.50. The molecule has 0 unspecified atom stereocenters. The summed E-state index contributed by atoms with van der Waals surface area (Å²) in [6.07, 6.45) is 6.22. The summed E-state index contributed by atoms with van der Waals surface area (Å²) in [5.74, 6) is 2.08. The fourth-order valence-electron chi connectivity index (χ4n) is 4.20. The highest BCUT2D eigenvalue weighted by Crippen LogP contribution is 2.25. The zero-order valence-electron chi connectivity index (χ0n) is 19.3. The van der Waals surface area contributed by atoms with Crippen LogP contribution in [0, 0.1) is 5.82 Å². The predicted octanol–water partition coefficient (Wildman–Crippen LogP) is 5.00. The van der Waals surface area contributed by atoms with Crippen LogP contribution in [0.2, 0.25) is 0 Å². The quantitative estimate of drug-likeness (QED) is 0.318. The van der Waals surface area contributed by atoms with Crippen LogP contribution < -0.4 is 20.0 Å². The summed E-state index contributed by atoms with van der Waals surface area (Å²) in [7, 11) is 0. The number of nitrogens with one attached hydrogen (secondary N) is 1. The standard InChI is InChI=1S/C25H27BrFN7O/c26-20-9-10-22(35-17-18-7-1-2-8-21(18)27)19(15-20)16-28-32-23-29-24(33-11-3-4-12-33)31-25(30-23)34-13-5-6-14-34/h1-2,7-10,15-16H,3-6,11-14,17H2,(H,29,30,31,32)/b28-16+. The van der Waals surface area contributed by atoms with E-state index in [1.54, 1.807) is 24.4 Å². The van der Waals surface area contributed by atoms with Crippen molar-refractivity contribution in [1.29, 1.82) is 0 Å². The number of aromatic nitrogens is 3. The Morgan fingerprint density at radius 3 is 2.26 bits per heavy atom. The number of halogens is 2. The Labute approximate surface area is 212 Å². The van der Waals surface area contributed by atoms with Gasteiger partial charge in [0.1, 0.15) is 18.2 Å². The Morgan fingerprint density at radius 2 is 1.60 bits per heavy atom. The highest BCUT2D eigenvalue weighted by atomic mass is 79.9. The van der Waals surface area contributed by atoms with Crippen molar-refractivity contribution in [3.8, 4) is 5.75 Å². The van der Waals surface area contributed by atoms with Crippen LogP contribution in [0.15, 0.2) is 52.0 Å². The molecular formula is C25H27BrFN7O. The van der Waals surface area contributed by atoms with Crippen molar-refractivity contribution < 1.29 is 9.13 Å². The molecule has 0 bridgehead atoms. The normalized spacial score (nSPS) is 15.8. The first-order valence-corrected chi connectivity index (χ1v) is 12.7. The SMILES string of the molecule is Fc1ccccc1COc1ccc(Br)cc1/C=N/Nc1nc(N2CCCC2)nc(N2CCCC2)n1. The number of rotatable bonds is 8. The van der Waals surface area contributed by atoms with Crippen molar-refractivity contribution in [3.63, 3.8) is 0 Å². The van der Waals surface area contributed by atoms with E-state index in [0.717, 1.165) is 61.9 Å². The first-order chi connectivity index (χ1) is 17.2. The number of hydrazone groups is 1. The Kier molecular flexibility index (Phi) is 7.37. The molecule has 0 saturated carbocycles. The zero-order chi connectivity index (χ0) is 24.0. The van der Waals surface area contributed by atoms with Crippen molar-refractivity contribution in [2.24, 2.45) is 5.10 Å². The van der Waals surface area contributed by atoms with Gasteiger partial charge in [0.15, 0.2) is 0 Å². The van der Waals surface area contributed by atoms with Gasteiger partial charge in [-0.1, -0.05) is 34.1 Å². The second kappa shape index (κ2) is 11.0. The van der Waals surface area contributed by atoms with Gasteiger partial charge in [0.25, 0.3) is 0 Å². The molecule has 35 heavy (non-hydrogen) atoms. The molecule has 3 heterocycles. The van der Waals surface area contributed by atoms with E-state index in [-0.39, 0.29) is 12.4 Å². The Morgan fingerprint density at radius 1 is 0.943 bits per heavy atom. The number of anilines is 3. The number of nitrogens with zero attached hydrogens (tertiary/aromatic N) is 6. The van der Waals surface area contributed by atoms with E-state index in [4.69, 9.17) is 9.72 Å². The van der Waals surface area contributed by atoms with Gasteiger partial charge in [-0.3, -0.25) is 0 Å². The lowest BCUT2D eigenvalue weighted by atomic mass is 10.2. The summed E-state index contributed by atoms with van der Waals surface area (Å²) in [4.78, 5) is 18.3. The molecule has 2 aromatic carbocycles. The number of hydrogen-bond acceptors (Lipinski definition) is 8. The molecule has 2 saturated heterocycles. The largest absolute Gasteiger partial charge is 0.488 e. The topological polar surface area (TPSA) is 78.8 Å². The van der Waals surface area contributed by atoms with Crippen LogP contribution in [0.5, 0.6) is 5.75 Å². The molecule has 2 aliphatic heterocycles. The summed E-state index contributed by atoms with van der Waals surface area (Å²) in [6, 6.07) is 12.2. The summed E-state index contributed by atoms with van der Waals surface area (Å²) in [5.41, 5.74) is 4.20. The smallest absolute Gasteiger partial charge is 0.250 e. The van der Waals surface area contributed by atoms with Crippen LogP contribution in [0.3, 0.4) is 0 Å². The molecule has 0 radical (unpaired) electrons. The zero-order valence-corrected chi connectivity index (χ0v) is 20.9. The Hall–Kier alpha value is -3.27. The molecule has 2 fully saturated rings. The summed E-state index contributed by atoms with van der Waals surface area (Å²) in [6.45, 7) is 3.92. The number of ether oxygens (including phenoxy) is 1. The average molecular weight is 540 g/mol. The minimum atomic E-state index is -0.293. The van der Waals surface area contributed by atoms with E-state index in [0.29, 0.717) is 29.2 Å². The van der Waals surface area contributed by atoms with E-state index in [1.807, 2.05) is 18.2 Å². The number of hydrogen-bond donors (Lipinski definition) is 1. The van der Waals surface area contributed by atoms with E-state index in [1.165, 1.54) is 6.07 Å². The Bertz CT molecular complexity index is 1160. The van der Waals surface area contributed by atoms with Crippen molar-refractivity contribution in [3.05, 3.63) is 63.9 Å². The van der Waals surface area contributed by atoms with Crippen molar-refractivity contribution in [2.45, 2.75) is 32.3 Å². The van der Waals surface area contributed by atoms with Crippen LogP contribution in [-0.2, 0) is 6.61 Å². The fraction of sp³-hybridized carbons (Fsp3) is 0.360. The average Bonchev–Trinajstić information content (AvgIpc) is 3.59. The first kappa shape index (κ1) is 23.5. The minimum Gasteiger partial charge on any atom is -0.488 e. The predicted molar refractivity (Wildman–Crippen MR) is 139 cm³/mol. The molecule has 2 aliphatic rings. The lowest BCUT2D eigenvalue weighted by Gasteiger charge is -2.20. The lowest BCUT2D eigenvalue weighted by molar-refractivity contribution is 0.299. The molecule has 1 aromatic heterocycles. The van der Waals surface area contributed by atoms with Crippen molar-refractivity contribution in [2.75, 3.05) is 41.4 Å². The van der Waals surface area contributed by atoms with E-state index in [2.05, 4.69) is 46.2 Å². The maximum absolute atomic E-state index is 14.0. The van der Waals surface area contributed by atoms with Crippen LogP contribution in [-0.4, -0.2) is 47.3 Å². The molecule has 0 spiro atoms. The van der Waals surface area contributed by atoms with Crippen LogP contribution in [0.25, 0.3) is 0 Å². The molecule has 3 aromatic rings. The Balaban J connectivity index is 1.33. The molecule has 5 rings (SSSR count). The maximum Gasteiger partial charge on any atom is 0.250 e. The molecule has 182 valence electrons. The van der Waals surface area contributed by atoms with Gasteiger partial charge in [0, 0.05) is 41.8 Å². The maximum atomic E-state index is 14.0. The van der Waals surface area contributed by atoms with Gasteiger partial charge < -0.3 is 14.5 Å². The van der Waals surface area contributed by atoms with Crippen LogP contribution in [0.1, 0.15) is 36.8 Å². The van der Waals surface area contributed by atoms with Gasteiger partial charge in [0.2, 0.25) is 17.8 Å².